The Morgan fingerprint density at radius 1 is 0.975 bits per heavy atom. The second kappa shape index (κ2) is 11.5. The summed E-state index contributed by atoms with van der Waals surface area (Å²) in [6.07, 6.45) is 1.83. The predicted molar refractivity (Wildman–Crippen MR) is 153 cm³/mol. The molecule has 2 heterocycles. The number of benzene rings is 3. The van der Waals surface area contributed by atoms with E-state index in [1.807, 2.05) is 12.1 Å². The maximum atomic E-state index is 13.3. The normalized spacial score (nSPS) is 17.3. The second-order valence-electron chi connectivity index (χ2n) is 9.77. The van der Waals surface area contributed by atoms with Gasteiger partial charge in [0.1, 0.15) is 11.5 Å². The summed E-state index contributed by atoms with van der Waals surface area (Å²) in [6, 6.07) is 16.8. The molecule has 11 heteroatoms. The highest BCUT2D eigenvalue weighted by Gasteiger charge is 2.34. The summed E-state index contributed by atoms with van der Waals surface area (Å²) in [5, 5.41) is 3.14. The van der Waals surface area contributed by atoms with Crippen molar-refractivity contribution < 1.29 is 27.5 Å². The summed E-state index contributed by atoms with van der Waals surface area (Å²) >= 11 is 6.16. The van der Waals surface area contributed by atoms with Crippen LogP contribution in [0.1, 0.15) is 28.8 Å². The van der Waals surface area contributed by atoms with Crippen LogP contribution >= 0.6 is 11.6 Å². The lowest BCUT2D eigenvalue weighted by Crippen LogP contribution is -2.43. The molecule has 9 nitrogen and oxygen atoms in total. The van der Waals surface area contributed by atoms with Crippen LogP contribution in [0.2, 0.25) is 5.02 Å². The summed E-state index contributed by atoms with van der Waals surface area (Å²) in [6.45, 7) is 0.921. The maximum Gasteiger partial charge on any atom is 0.258 e. The van der Waals surface area contributed by atoms with Gasteiger partial charge < -0.3 is 19.7 Å². The topological polar surface area (TPSA) is 105 Å². The number of hydrogen-bond acceptors (Lipinski definition) is 6. The lowest BCUT2D eigenvalue weighted by Gasteiger charge is -2.31. The van der Waals surface area contributed by atoms with Crippen molar-refractivity contribution in [3.05, 3.63) is 76.8 Å². The molecule has 1 saturated heterocycles. The highest BCUT2D eigenvalue weighted by atomic mass is 35.5. The lowest BCUT2D eigenvalue weighted by molar-refractivity contribution is -0.120. The molecule has 2 amide bonds. The van der Waals surface area contributed by atoms with E-state index in [0.717, 1.165) is 17.7 Å². The van der Waals surface area contributed by atoms with E-state index in [1.165, 1.54) is 29.6 Å². The zero-order chi connectivity index (χ0) is 28.4. The van der Waals surface area contributed by atoms with Gasteiger partial charge in [-0.2, -0.15) is 4.31 Å². The molecule has 1 N–H and O–H groups in total. The number of nitrogens with one attached hydrogen (secondary N) is 1. The smallest absolute Gasteiger partial charge is 0.258 e. The van der Waals surface area contributed by atoms with Crippen LogP contribution in [0, 0.1) is 5.92 Å². The molecule has 0 saturated carbocycles. The SMILES string of the molecule is COc1ccc(C(=O)N2CCc3ccc(NC(=O)[C@H]4CCCN(S(=O)(=O)c5ccc(OC)c(Cl)c5)C4)cc32)cc1. The van der Waals surface area contributed by atoms with Crippen LogP contribution in [0.15, 0.2) is 65.6 Å². The molecule has 0 bridgehead atoms. The van der Waals surface area contributed by atoms with Crippen molar-refractivity contribution in [1.82, 2.24) is 4.31 Å². The van der Waals surface area contributed by atoms with Gasteiger partial charge in [0.05, 0.1) is 30.1 Å². The van der Waals surface area contributed by atoms with Crippen molar-refractivity contribution in [1.29, 1.82) is 0 Å². The first-order chi connectivity index (χ1) is 19.2. The van der Waals surface area contributed by atoms with E-state index >= 15 is 0 Å². The average Bonchev–Trinajstić information content (AvgIpc) is 3.40. The monoisotopic (exact) mass is 583 g/mol. The Labute approximate surface area is 238 Å². The Balaban J connectivity index is 1.28. The molecule has 0 spiro atoms. The van der Waals surface area contributed by atoms with E-state index in [-0.39, 0.29) is 28.3 Å². The van der Waals surface area contributed by atoms with Crippen molar-refractivity contribution in [2.24, 2.45) is 5.92 Å². The Hall–Kier alpha value is -3.60. The number of piperidine rings is 1. The Bertz CT molecular complexity index is 1540. The van der Waals surface area contributed by atoms with Gasteiger partial charge in [-0.15, -0.1) is 0 Å². The first-order valence-corrected chi connectivity index (χ1v) is 14.8. The fourth-order valence-corrected chi connectivity index (χ4v) is 7.01. The van der Waals surface area contributed by atoms with Gasteiger partial charge in [0, 0.05) is 36.6 Å². The van der Waals surface area contributed by atoms with Crippen molar-refractivity contribution in [3.8, 4) is 11.5 Å². The number of nitrogens with zero attached hydrogens (tertiary/aromatic N) is 2. The molecule has 210 valence electrons. The maximum absolute atomic E-state index is 13.3. The van der Waals surface area contributed by atoms with Gasteiger partial charge in [-0.3, -0.25) is 9.59 Å². The van der Waals surface area contributed by atoms with Gasteiger partial charge in [0.2, 0.25) is 15.9 Å². The minimum absolute atomic E-state index is 0.0552. The number of rotatable bonds is 7. The van der Waals surface area contributed by atoms with E-state index in [4.69, 9.17) is 21.1 Å². The van der Waals surface area contributed by atoms with Gasteiger partial charge in [-0.05, 0) is 79.4 Å². The highest BCUT2D eigenvalue weighted by molar-refractivity contribution is 7.89. The summed E-state index contributed by atoms with van der Waals surface area (Å²) < 4.78 is 38.2. The zero-order valence-corrected chi connectivity index (χ0v) is 23.8. The summed E-state index contributed by atoms with van der Waals surface area (Å²) in [5.41, 5.74) is 2.88. The number of carbonyl (C=O) groups is 2. The van der Waals surface area contributed by atoms with Crippen LogP contribution < -0.4 is 19.7 Å². The predicted octanol–water partition coefficient (Wildman–Crippen LogP) is 4.60. The summed E-state index contributed by atoms with van der Waals surface area (Å²) in [7, 11) is -0.811. The third kappa shape index (κ3) is 5.52. The molecule has 0 aliphatic carbocycles. The van der Waals surface area contributed by atoms with E-state index in [0.29, 0.717) is 48.7 Å². The number of hydrogen-bond donors (Lipinski definition) is 1. The number of amides is 2. The number of ether oxygens (including phenoxy) is 2. The molecule has 2 aliphatic rings. The van der Waals surface area contributed by atoms with Crippen LogP contribution in [0.25, 0.3) is 0 Å². The molecule has 0 aromatic heterocycles. The first kappa shape index (κ1) is 27.9. The number of halogens is 1. The summed E-state index contributed by atoms with van der Waals surface area (Å²) in [4.78, 5) is 28.2. The first-order valence-electron chi connectivity index (χ1n) is 12.9. The molecule has 5 rings (SSSR count). The zero-order valence-electron chi connectivity index (χ0n) is 22.2. The molecular formula is C29H30ClN3O6S. The Kier molecular flexibility index (Phi) is 8.02. The molecule has 1 fully saturated rings. The fraction of sp³-hybridized carbons (Fsp3) is 0.310. The molecule has 3 aromatic carbocycles. The number of fused-ring (bicyclic) bond motifs is 1. The van der Waals surface area contributed by atoms with Crippen molar-refractivity contribution >= 4 is 44.8 Å². The van der Waals surface area contributed by atoms with Gasteiger partial charge in [-0.25, -0.2) is 8.42 Å². The standard InChI is InChI=1S/C29H30ClN3O6S/c1-38-23-9-6-20(7-10-23)29(35)33-15-13-19-5-8-22(16-26(19)33)31-28(34)21-4-3-14-32(18-21)40(36,37)24-11-12-27(39-2)25(30)17-24/h5-12,16-17,21H,3-4,13-15,18H2,1-2H3,(H,31,34)/t21-/m0/s1. The minimum atomic E-state index is -3.84. The largest absolute Gasteiger partial charge is 0.497 e. The van der Waals surface area contributed by atoms with Crippen LogP contribution in [0.4, 0.5) is 11.4 Å². The third-order valence-electron chi connectivity index (χ3n) is 7.35. The van der Waals surface area contributed by atoms with Crippen LogP contribution in [0.3, 0.4) is 0 Å². The van der Waals surface area contributed by atoms with Crippen LogP contribution in [0.5, 0.6) is 11.5 Å². The van der Waals surface area contributed by atoms with Gasteiger partial charge in [-0.1, -0.05) is 17.7 Å². The molecule has 3 aromatic rings. The molecule has 40 heavy (non-hydrogen) atoms. The quantitative estimate of drug-likeness (QED) is 0.436. The number of methoxy groups -OCH3 is 2. The van der Waals surface area contributed by atoms with Crippen LogP contribution in [-0.4, -0.2) is 58.4 Å². The number of sulfonamides is 1. The molecule has 0 unspecified atom stereocenters. The van der Waals surface area contributed by atoms with E-state index < -0.39 is 15.9 Å². The highest BCUT2D eigenvalue weighted by Crippen LogP contribution is 2.34. The molecule has 2 aliphatic heterocycles. The molecule has 1 atom stereocenters. The average molecular weight is 584 g/mol. The third-order valence-corrected chi connectivity index (χ3v) is 9.50. The van der Waals surface area contributed by atoms with Crippen molar-refractivity contribution in [2.45, 2.75) is 24.2 Å². The van der Waals surface area contributed by atoms with Gasteiger partial charge in [0.25, 0.3) is 5.91 Å². The Morgan fingerprint density at radius 2 is 1.75 bits per heavy atom. The van der Waals surface area contributed by atoms with Crippen LogP contribution in [-0.2, 0) is 21.2 Å². The molecular weight excluding hydrogens is 554 g/mol. The minimum Gasteiger partial charge on any atom is -0.497 e. The van der Waals surface area contributed by atoms with Gasteiger partial charge in [0.15, 0.2) is 0 Å². The van der Waals surface area contributed by atoms with E-state index in [9.17, 15) is 18.0 Å². The molecule has 0 radical (unpaired) electrons. The van der Waals surface area contributed by atoms with E-state index in [1.54, 1.807) is 42.3 Å². The van der Waals surface area contributed by atoms with Gasteiger partial charge >= 0.3 is 0 Å². The van der Waals surface area contributed by atoms with Crippen molar-refractivity contribution in [3.63, 3.8) is 0 Å². The Morgan fingerprint density at radius 3 is 2.45 bits per heavy atom. The lowest BCUT2D eigenvalue weighted by atomic mass is 9.98. The van der Waals surface area contributed by atoms with E-state index in [2.05, 4.69) is 5.32 Å². The second-order valence-corrected chi connectivity index (χ2v) is 12.1. The number of carbonyl (C=O) groups excluding carboxylic acids is 2. The van der Waals surface area contributed by atoms with Crippen molar-refractivity contribution in [2.75, 3.05) is 44.1 Å². The number of anilines is 2. The summed E-state index contributed by atoms with van der Waals surface area (Å²) in [5.74, 6) is 0.137. The fourth-order valence-electron chi connectivity index (χ4n) is 5.13.